The van der Waals surface area contributed by atoms with Crippen LogP contribution in [0.4, 0.5) is 34.5 Å². The smallest absolute Gasteiger partial charge is 0.208 e. The van der Waals surface area contributed by atoms with Gasteiger partial charge < -0.3 is 13.7 Å². The molecule has 0 bridgehead atoms. The van der Waals surface area contributed by atoms with Crippen LogP contribution in [0.25, 0.3) is 43.5 Å². The van der Waals surface area contributed by atoms with E-state index >= 15 is 0 Å². The number of benzene rings is 7. The van der Waals surface area contributed by atoms with Crippen LogP contribution in [0.1, 0.15) is 0 Å². The molecule has 0 aliphatic carbocycles. The maximum absolute atomic E-state index is 6.63. The van der Waals surface area contributed by atoms with Gasteiger partial charge in [-0.05, 0) is 36.4 Å². The summed E-state index contributed by atoms with van der Waals surface area (Å²) < 4.78 is 13.3. The summed E-state index contributed by atoms with van der Waals surface area (Å²) in [6, 6.07) is 55.3. The summed E-state index contributed by atoms with van der Waals surface area (Å²) in [6.07, 6.45) is 0. The molecule has 222 valence electrons. The van der Waals surface area contributed by atoms with Crippen molar-refractivity contribution >= 4 is 89.8 Å². The number of furan rings is 2. The number of anilines is 6. The molecular formula is C42H26N2O2S. The fourth-order valence-electron chi connectivity index (χ4n) is 6.99. The first-order valence-corrected chi connectivity index (χ1v) is 16.5. The molecule has 0 unspecified atom stereocenters. The first-order valence-electron chi connectivity index (χ1n) is 15.7. The van der Waals surface area contributed by atoms with Gasteiger partial charge in [-0.1, -0.05) is 121 Å². The lowest BCUT2D eigenvalue weighted by atomic mass is 9.96. The molecule has 0 saturated carbocycles. The summed E-state index contributed by atoms with van der Waals surface area (Å²) in [5.41, 5.74) is 6.15. The average Bonchev–Trinajstić information content (AvgIpc) is 3.75. The van der Waals surface area contributed by atoms with Gasteiger partial charge in [-0.15, -0.1) is 0 Å². The minimum absolute atomic E-state index is 0.693. The molecule has 1 aliphatic rings. The summed E-state index contributed by atoms with van der Waals surface area (Å²) in [6.45, 7) is 0. The third-order valence-corrected chi connectivity index (χ3v) is 10.2. The Bertz CT molecular complexity index is 2410. The number of fused-ring (bicyclic) bond motifs is 6. The predicted molar refractivity (Wildman–Crippen MR) is 194 cm³/mol. The Morgan fingerprint density at radius 2 is 0.872 bits per heavy atom. The van der Waals surface area contributed by atoms with Crippen molar-refractivity contribution in [3.8, 4) is 0 Å². The summed E-state index contributed by atoms with van der Waals surface area (Å²) in [5, 5.41) is 6.52. The fraction of sp³-hybridized carbons (Fsp3) is 0. The quantitative estimate of drug-likeness (QED) is 0.182. The molecule has 5 heteroatoms. The maximum atomic E-state index is 6.63. The highest BCUT2D eigenvalue weighted by molar-refractivity contribution is 7.99. The molecule has 9 aromatic rings. The Morgan fingerprint density at radius 1 is 0.447 bits per heavy atom. The highest BCUT2D eigenvalue weighted by Crippen LogP contribution is 2.56. The van der Waals surface area contributed by atoms with Crippen molar-refractivity contribution in [1.29, 1.82) is 0 Å². The lowest BCUT2D eigenvalue weighted by Crippen LogP contribution is -2.16. The van der Waals surface area contributed by atoms with E-state index in [1.807, 2.05) is 48.2 Å². The first-order chi connectivity index (χ1) is 23.3. The SMILES string of the molecule is c1ccc2c(c1)Sc1ccccc1N2c1c2ccccc2c(N(c2cc3ccccc3o2)c2cc3ccccc3o2)c2ccccc12. The zero-order valence-electron chi connectivity index (χ0n) is 25.1. The van der Waals surface area contributed by atoms with Gasteiger partial charge >= 0.3 is 0 Å². The second-order valence-electron chi connectivity index (χ2n) is 11.7. The third kappa shape index (κ3) is 4.03. The Kier molecular flexibility index (Phi) is 5.77. The van der Waals surface area contributed by atoms with Crippen LogP contribution in [0.3, 0.4) is 0 Å². The van der Waals surface area contributed by atoms with Crippen molar-refractivity contribution in [2.75, 3.05) is 9.80 Å². The van der Waals surface area contributed by atoms with E-state index in [9.17, 15) is 0 Å². The molecule has 2 aromatic heterocycles. The van der Waals surface area contributed by atoms with Crippen LogP contribution in [0.5, 0.6) is 0 Å². The molecule has 47 heavy (non-hydrogen) atoms. The van der Waals surface area contributed by atoms with E-state index in [0.29, 0.717) is 11.8 Å². The topological polar surface area (TPSA) is 32.8 Å². The van der Waals surface area contributed by atoms with E-state index in [0.717, 1.165) is 54.9 Å². The van der Waals surface area contributed by atoms with Crippen molar-refractivity contribution in [3.63, 3.8) is 0 Å². The van der Waals surface area contributed by atoms with Crippen molar-refractivity contribution in [2.24, 2.45) is 0 Å². The fourth-order valence-corrected chi connectivity index (χ4v) is 8.05. The van der Waals surface area contributed by atoms with Gasteiger partial charge in [0.2, 0.25) is 11.8 Å². The Morgan fingerprint density at radius 3 is 1.38 bits per heavy atom. The molecule has 0 radical (unpaired) electrons. The number of nitrogens with zero attached hydrogens (tertiary/aromatic N) is 2. The Hall–Kier alpha value is -5.91. The summed E-state index contributed by atoms with van der Waals surface area (Å²) in [7, 11) is 0. The summed E-state index contributed by atoms with van der Waals surface area (Å²) in [4.78, 5) is 7.06. The van der Waals surface area contributed by atoms with Gasteiger partial charge in [0.1, 0.15) is 11.2 Å². The number of para-hydroxylation sites is 4. The molecule has 4 nitrogen and oxygen atoms in total. The Labute approximate surface area is 275 Å². The van der Waals surface area contributed by atoms with Gasteiger partial charge in [0.15, 0.2) is 0 Å². The lowest BCUT2D eigenvalue weighted by Gasteiger charge is -2.35. The maximum Gasteiger partial charge on any atom is 0.208 e. The highest BCUT2D eigenvalue weighted by Gasteiger charge is 2.31. The molecule has 0 N–H and O–H groups in total. The van der Waals surface area contributed by atoms with Crippen molar-refractivity contribution < 1.29 is 8.83 Å². The zero-order valence-corrected chi connectivity index (χ0v) is 25.9. The minimum atomic E-state index is 0.693. The minimum Gasteiger partial charge on any atom is -0.440 e. The second kappa shape index (κ2) is 10.3. The van der Waals surface area contributed by atoms with E-state index in [-0.39, 0.29) is 0 Å². The van der Waals surface area contributed by atoms with Crippen LogP contribution in [0.2, 0.25) is 0 Å². The van der Waals surface area contributed by atoms with E-state index in [1.165, 1.54) is 21.2 Å². The van der Waals surface area contributed by atoms with Crippen LogP contribution in [-0.2, 0) is 0 Å². The monoisotopic (exact) mass is 622 g/mol. The van der Waals surface area contributed by atoms with Crippen molar-refractivity contribution in [3.05, 3.63) is 158 Å². The van der Waals surface area contributed by atoms with Crippen LogP contribution >= 0.6 is 11.8 Å². The van der Waals surface area contributed by atoms with Gasteiger partial charge in [0.05, 0.1) is 22.7 Å². The molecule has 0 amide bonds. The zero-order chi connectivity index (χ0) is 30.9. The third-order valence-electron chi connectivity index (χ3n) is 9.02. The lowest BCUT2D eigenvalue weighted by molar-refractivity contribution is 0.584. The van der Waals surface area contributed by atoms with Crippen LogP contribution < -0.4 is 9.80 Å². The predicted octanol–water partition coefficient (Wildman–Crippen LogP) is 12.9. The van der Waals surface area contributed by atoms with Gasteiger partial charge in [0, 0.05) is 54.2 Å². The molecule has 0 spiro atoms. The molecular weight excluding hydrogens is 597 g/mol. The van der Waals surface area contributed by atoms with E-state index in [4.69, 9.17) is 8.83 Å². The number of hydrogen-bond donors (Lipinski definition) is 0. The summed E-state index contributed by atoms with van der Waals surface area (Å²) in [5.74, 6) is 1.39. The molecule has 7 aromatic carbocycles. The largest absolute Gasteiger partial charge is 0.440 e. The molecule has 10 rings (SSSR count). The van der Waals surface area contributed by atoms with Crippen LogP contribution in [0.15, 0.2) is 176 Å². The normalized spacial score (nSPS) is 12.6. The van der Waals surface area contributed by atoms with Crippen LogP contribution in [-0.4, -0.2) is 0 Å². The molecule has 0 saturated heterocycles. The summed E-state index contributed by atoms with van der Waals surface area (Å²) >= 11 is 1.82. The van der Waals surface area contributed by atoms with Gasteiger partial charge in [-0.3, -0.25) is 0 Å². The van der Waals surface area contributed by atoms with Gasteiger partial charge in [-0.25, -0.2) is 4.90 Å². The first kappa shape index (κ1) is 26.3. The molecule has 0 fully saturated rings. The number of hydrogen-bond acceptors (Lipinski definition) is 5. The molecule has 3 heterocycles. The number of rotatable bonds is 4. The van der Waals surface area contributed by atoms with E-state index in [1.54, 1.807) is 0 Å². The Balaban J connectivity index is 1.33. The second-order valence-corrected chi connectivity index (χ2v) is 12.8. The van der Waals surface area contributed by atoms with Crippen molar-refractivity contribution in [1.82, 2.24) is 0 Å². The van der Waals surface area contributed by atoms with Crippen molar-refractivity contribution in [2.45, 2.75) is 9.79 Å². The van der Waals surface area contributed by atoms with Gasteiger partial charge in [0.25, 0.3) is 0 Å². The molecule has 1 aliphatic heterocycles. The highest BCUT2D eigenvalue weighted by atomic mass is 32.2. The van der Waals surface area contributed by atoms with E-state index < -0.39 is 0 Å². The van der Waals surface area contributed by atoms with Crippen LogP contribution in [0, 0.1) is 0 Å². The molecule has 0 atom stereocenters. The van der Waals surface area contributed by atoms with Gasteiger partial charge in [-0.2, -0.15) is 0 Å². The average molecular weight is 623 g/mol. The van der Waals surface area contributed by atoms with E-state index in [2.05, 4.69) is 131 Å². The standard InChI is InChI=1S/C42H26N2O2S/c1-9-21-35-27(13-1)25-39(45-35)44(40-26-28-14-2-10-22-36(28)46-40)42-31-17-5-3-15-29(31)41(30-16-4-6-18-32(30)42)43-33-19-7-11-23-37(33)47-38-24-12-8-20-34(38)43/h1-26H.